The van der Waals surface area contributed by atoms with Crippen molar-refractivity contribution in [2.24, 2.45) is 0 Å². The highest BCUT2D eigenvalue weighted by Crippen LogP contribution is 2.35. The molecule has 0 aliphatic carbocycles. The second-order valence-electron chi connectivity index (χ2n) is 5.33. The fraction of sp³-hybridized carbons (Fsp3) is 0.235. The molecule has 2 aromatic carbocycles. The van der Waals surface area contributed by atoms with Crippen molar-refractivity contribution in [2.75, 3.05) is 11.9 Å². The zero-order chi connectivity index (χ0) is 15.0. The summed E-state index contributed by atoms with van der Waals surface area (Å²) in [4.78, 5) is 14.1. The van der Waals surface area contributed by atoms with E-state index in [4.69, 9.17) is 11.6 Å². The van der Waals surface area contributed by atoms with E-state index in [0.29, 0.717) is 5.02 Å². The average molecular weight is 301 g/mol. The quantitative estimate of drug-likeness (QED) is 0.875. The van der Waals surface area contributed by atoms with Gasteiger partial charge in [0.2, 0.25) is 5.91 Å². The minimum Gasteiger partial charge on any atom is -0.314 e. The maximum Gasteiger partial charge on any atom is 0.243 e. The van der Waals surface area contributed by atoms with E-state index >= 15 is 0 Å². The molecular weight excluding hydrogens is 284 g/mol. The van der Waals surface area contributed by atoms with Crippen LogP contribution in [0, 0.1) is 0 Å². The van der Waals surface area contributed by atoms with Crippen LogP contribution in [0.5, 0.6) is 0 Å². The number of likely N-dealkylation sites (N-methyl/N-ethyl adjacent to an activating group) is 1. The number of rotatable bonds is 1. The molecule has 0 bridgehead atoms. The molecule has 4 heteroatoms. The molecule has 0 aromatic heterocycles. The highest BCUT2D eigenvalue weighted by Gasteiger charge is 2.31. The van der Waals surface area contributed by atoms with Crippen LogP contribution in [0.4, 0.5) is 5.69 Å². The van der Waals surface area contributed by atoms with Crippen LogP contribution in [0.25, 0.3) is 0 Å². The van der Waals surface area contributed by atoms with Gasteiger partial charge in [0.15, 0.2) is 0 Å². The second-order valence-corrected chi connectivity index (χ2v) is 5.77. The first-order chi connectivity index (χ1) is 10.1. The highest BCUT2D eigenvalue weighted by atomic mass is 35.5. The van der Waals surface area contributed by atoms with Gasteiger partial charge in [0.25, 0.3) is 0 Å². The third kappa shape index (κ3) is 2.55. The van der Waals surface area contributed by atoms with Gasteiger partial charge in [-0.2, -0.15) is 0 Å². The summed E-state index contributed by atoms with van der Waals surface area (Å²) in [5.74, 6) is 0.0528. The number of anilines is 1. The van der Waals surface area contributed by atoms with Crippen molar-refractivity contribution in [2.45, 2.75) is 19.0 Å². The van der Waals surface area contributed by atoms with Gasteiger partial charge in [0.05, 0.1) is 12.1 Å². The summed E-state index contributed by atoms with van der Waals surface area (Å²) < 4.78 is 0. The lowest BCUT2D eigenvalue weighted by molar-refractivity contribution is -0.119. The standard InChI is InChI=1S/C17H17ClN2O/c1-11-17(21)20(2)15-9-8-13(18)10-14(15)16(19-11)12-6-4-3-5-7-12/h3-11,16,19H,1-2H3. The molecule has 2 aromatic rings. The minimum atomic E-state index is -0.258. The first-order valence-corrected chi connectivity index (χ1v) is 7.33. The van der Waals surface area contributed by atoms with E-state index in [1.54, 1.807) is 11.9 Å². The fourth-order valence-electron chi connectivity index (χ4n) is 2.80. The molecule has 0 saturated heterocycles. The number of hydrogen-bond acceptors (Lipinski definition) is 2. The number of nitrogens with zero attached hydrogens (tertiary/aromatic N) is 1. The first kappa shape index (κ1) is 14.1. The Balaban J connectivity index is 2.18. The largest absolute Gasteiger partial charge is 0.314 e. The summed E-state index contributed by atoms with van der Waals surface area (Å²) in [5, 5.41) is 4.08. The number of halogens is 1. The summed E-state index contributed by atoms with van der Waals surface area (Å²) in [7, 11) is 1.81. The molecule has 3 rings (SSSR count). The number of benzene rings is 2. The van der Waals surface area contributed by atoms with Crippen LogP contribution in [0.3, 0.4) is 0 Å². The zero-order valence-corrected chi connectivity index (χ0v) is 12.8. The van der Waals surface area contributed by atoms with Gasteiger partial charge in [-0.3, -0.25) is 10.1 Å². The lowest BCUT2D eigenvalue weighted by Gasteiger charge is -2.21. The number of carbonyl (C=O) groups is 1. The van der Waals surface area contributed by atoms with E-state index < -0.39 is 0 Å². The monoisotopic (exact) mass is 300 g/mol. The number of carbonyl (C=O) groups excluding carboxylic acids is 1. The van der Waals surface area contributed by atoms with E-state index in [2.05, 4.69) is 17.4 Å². The fourth-order valence-corrected chi connectivity index (χ4v) is 2.98. The Bertz CT molecular complexity index is 672. The van der Waals surface area contributed by atoms with Crippen LogP contribution in [-0.2, 0) is 4.79 Å². The first-order valence-electron chi connectivity index (χ1n) is 6.96. The van der Waals surface area contributed by atoms with Crippen LogP contribution in [0.15, 0.2) is 48.5 Å². The Morgan fingerprint density at radius 1 is 1.14 bits per heavy atom. The number of nitrogens with one attached hydrogen (secondary N) is 1. The van der Waals surface area contributed by atoms with Gasteiger partial charge in [-0.15, -0.1) is 0 Å². The Morgan fingerprint density at radius 3 is 2.57 bits per heavy atom. The smallest absolute Gasteiger partial charge is 0.243 e. The maximum atomic E-state index is 12.4. The zero-order valence-electron chi connectivity index (χ0n) is 12.0. The molecule has 1 N–H and O–H groups in total. The molecule has 0 radical (unpaired) electrons. The van der Waals surface area contributed by atoms with E-state index in [9.17, 15) is 4.79 Å². The van der Waals surface area contributed by atoms with Crippen molar-refractivity contribution in [3.05, 3.63) is 64.7 Å². The molecular formula is C17H17ClN2O. The third-order valence-electron chi connectivity index (χ3n) is 3.91. The third-order valence-corrected chi connectivity index (χ3v) is 4.15. The maximum absolute atomic E-state index is 12.4. The molecule has 0 spiro atoms. The number of hydrogen-bond donors (Lipinski definition) is 1. The van der Waals surface area contributed by atoms with E-state index in [0.717, 1.165) is 16.8 Å². The van der Waals surface area contributed by atoms with Crippen molar-refractivity contribution in [1.82, 2.24) is 5.32 Å². The SMILES string of the molecule is CC1NC(c2ccccc2)c2cc(Cl)ccc2N(C)C1=O. The molecule has 0 fully saturated rings. The lowest BCUT2D eigenvalue weighted by atomic mass is 9.97. The molecule has 2 atom stereocenters. The highest BCUT2D eigenvalue weighted by molar-refractivity contribution is 6.30. The predicted octanol–water partition coefficient (Wildman–Crippen LogP) is 3.38. The van der Waals surface area contributed by atoms with Crippen molar-refractivity contribution in [3.8, 4) is 0 Å². The van der Waals surface area contributed by atoms with Crippen molar-refractivity contribution >= 4 is 23.2 Å². The van der Waals surface area contributed by atoms with E-state index in [1.807, 2.05) is 43.3 Å². The Kier molecular flexibility index (Phi) is 3.70. The van der Waals surface area contributed by atoms with Gasteiger partial charge in [-0.25, -0.2) is 0 Å². The van der Waals surface area contributed by atoms with Gasteiger partial charge in [0, 0.05) is 17.8 Å². The van der Waals surface area contributed by atoms with Crippen LogP contribution < -0.4 is 10.2 Å². The normalized spacial score (nSPS) is 21.9. The number of amides is 1. The van der Waals surface area contributed by atoms with E-state index in [-0.39, 0.29) is 18.0 Å². The van der Waals surface area contributed by atoms with Crippen LogP contribution >= 0.6 is 11.6 Å². The molecule has 0 saturated carbocycles. The molecule has 1 aliphatic rings. The van der Waals surface area contributed by atoms with Gasteiger partial charge in [-0.05, 0) is 36.2 Å². The minimum absolute atomic E-state index is 0.0520. The van der Waals surface area contributed by atoms with Gasteiger partial charge >= 0.3 is 0 Å². The van der Waals surface area contributed by atoms with Crippen LogP contribution in [0.2, 0.25) is 5.02 Å². The van der Waals surface area contributed by atoms with Crippen LogP contribution in [0.1, 0.15) is 24.1 Å². The molecule has 1 amide bonds. The molecule has 2 unspecified atom stereocenters. The molecule has 3 nitrogen and oxygen atoms in total. The summed E-state index contributed by atoms with van der Waals surface area (Å²) in [6, 6.07) is 15.5. The van der Waals surface area contributed by atoms with Gasteiger partial charge in [-0.1, -0.05) is 41.9 Å². The molecule has 21 heavy (non-hydrogen) atoms. The Hall–Kier alpha value is -1.84. The summed E-state index contributed by atoms with van der Waals surface area (Å²) in [5.41, 5.74) is 3.04. The van der Waals surface area contributed by atoms with Gasteiger partial charge < -0.3 is 4.90 Å². The molecule has 108 valence electrons. The average Bonchev–Trinajstić information content (AvgIpc) is 2.59. The lowest BCUT2D eigenvalue weighted by Crippen LogP contribution is -2.41. The second kappa shape index (κ2) is 5.51. The summed E-state index contributed by atoms with van der Waals surface area (Å²) >= 11 is 6.17. The number of fused-ring (bicyclic) bond motifs is 1. The summed E-state index contributed by atoms with van der Waals surface area (Å²) in [6.45, 7) is 1.89. The predicted molar refractivity (Wildman–Crippen MR) is 85.7 cm³/mol. The Labute approximate surface area is 129 Å². The van der Waals surface area contributed by atoms with Crippen molar-refractivity contribution in [3.63, 3.8) is 0 Å². The van der Waals surface area contributed by atoms with Crippen molar-refractivity contribution in [1.29, 1.82) is 0 Å². The van der Waals surface area contributed by atoms with Crippen molar-refractivity contribution < 1.29 is 4.79 Å². The van der Waals surface area contributed by atoms with E-state index in [1.165, 1.54) is 0 Å². The topological polar surface area (TPSA) is 32.3 Å². The molecule has 1 aliphatic heterocycles. The summed E-state index contributed by atoms with van der Waals surface area (Å²) in [6.07, 6.45) is 0. The van der Waals surface area contributed by atoms with Crippen LogP contribution in [-0.4, -0.2) is 19.0 Å². The molecule has 1 heterocycles. The Morgan fingerprint density at radius 2 is 1.86 bits per heavy atom. The van der Waals surface area contributed by atoms with Gasteiger partial charge in [0.1, 0.15) is 0 Å².